The molecule has 1 N–H and O–H groups in total. The van der Waals surface area contributed by atoms with Crippen LogP contribution >= 0.6 is 0 Å². The lowest BCUT2D eigenvalue weighted by Gasteiger charge is -2.18. The lowest BCUT2D eigenvalue weighted by molar-refractivity contribution is 0.0849. The van der Waals surface area contributed by atoms with Gasteiger partial charge in [0.25, 0.3) is 0 Å². The fourth-order valence-electron chi connectivity index (χ4n) is 2.37. The lowest BCUT2D eigenvalue weighted by Crippen LogP contribution is -2.36. The third-order valence-electron chi connectivity index (χ3n) is 3.52. The van der Waals surface area contributed by atoms with Gasteiger partial charge in [-0.1, -0.05) is 30.4 Å². The van der Waals surface area contributed by atoms with E-state index in [9.17, 15) is 0 Å². The first-order chi connectivity index (χ1) is 9.31. The van der Waals surface area contributed by atoms with E-state index in [4.69, 9.17) is 9.47 Å². The maximum Gasteiger partial charge on any atom is 0.126 e. The average molecular weight is 261 g/mol. The van der Waals surface area contributed by atoms with Crippen LogP contribution in [0.25, 0.3) is 6.08 Å². The molecule has 0 aromatic heterocycles. The maximum absolute atomic E-state index is 5.66. The molecule has 2 atom stereocenters. The van der Waals surface area contributed by atoms with E-state index in [1.165, 1.54) is 12.8 Å². The average Bonchev–Trinajstić information content (AvgIpc) is 2.98. The van der Waals surface area contributed by atoms with Crippen LogP contribution in [0.4, 0.5) is 0 Å². The number of para-hydroxylation sites is 1. The zero-order valence-electron chi connectivity index (χ0n) is 11.8. The van der Waals surface area contributed by atoms with Gasteiger partial charge in [0.2, 0.25) is 0 Å². The van der Waals surface area contributed by atoms with E-state index in [0.717, 1.165) is 24.5 Å². The zero-order chi connectivity index (χ0) is 13.5. The van der Waals surface area contributed by atoms with Gasteiger partial charge in [0.05, 0.1) is 13.2 Å². The summed E-state index contributed by atoms with van der Waals surface area (Å²) in [6.45, 7) is 3.94. The third-order valence-corrected chi connectivity index (χ3v) is 3.52. The van der Waals surface area contributed by atoms with Crippen molar-refractivity contribution in [1.29, 1.82) is 0 Å². The molecule has 1 aliphatic rings. The second-order valence-electron chi connectivity index (χ2n) is 4.89. The summed E-state index contributed by atoms with van der Waals surface area (Å²) in [5.41, 5.74) is 1.11. The quantitative estimate of drug-likeness (QED) is 0.854. The van der Waals surface area contributed by atoms with Gasteiger partial charge in [-0.15, -0.1) is 0 Å². The first kappa shape index (κ1) is 14.1. The molecule has 2 rings (SSSR count). The molecule has 1 aliphatic heterocycles. The van der Waals surface area contributed by atoms with Crippen molar-refractivity contribution in [3.63, 3.8) is 0 Å². The minimum atomic E-state index is 0.375. The molecule has 1 saturated heterocycles. The predicted molar refractivity (Wildman–Crippen MR) is 78.5 cm³/mol. The number of hydrogen-bond donors (Lipinski definition) is 1. The van der Waals surface area contributed by atoms with Gasteiger partial charge in [-0.3, -0.25) is 0 Å². The molecule has 104 valence electrons. The summed E-state index contributed by atoms with van der Waals surface area (Å²) >= 11 is 0. The second kappa shape index (κ2) is 7.31. The minimum absolute atomic E-state index is 0.375. The van der Waals surface area contributed by atoms with E-state index in [-0.39, 0.29) is 0 Å². The molecule has 0 bridgehead atoms. The summed E-state index contributed by atoms with van der Waals surface area (Å²) in [5.74, 6) is 0.908. The third kappa shape index (κ3) is 4.08. The fraction of sp³-hybridized carbons (Fsp3) is 0.500. The molecule has 0 saturated carbocycles. The maximum atomic E-state index is 5.66. The monoisotopic (exact) mass is 261 g/mol. The highest BCUT2D eigenvalue weighted by atomic mass is 16.5. The highest BCUT2D eigenvalue weighted by Gasteiger charge is 2.21. The van der Waals surface area contributed by atoms with Crippen molar-refractivity contribution in [3.8, 4) is 5.75 Å². The number of ether oxygens (including phenoxy) is 2. The van der Waals surface area contributed by atoms with Gasteiger partial charge in [0.1, 0.15) is 5.75 Å². The molecule has 0 amide bonds. The molecule has 1 heterocycles. The van der Waals surface area contributed by atoms with Crippen LogP contribution < -0.4 is 10.1 Å². The Kier molecular flexibility index (Phi) is 5.43. The van der Waals surface area contributed by atoms with Gasteiger partial charge < -0.3 is 14.8 Å². The van der Waals surface area contributed by atoms with Gasteiger partial charge in [0.15, 0.2) is 0 Å². The highest BCUT2D eigenvalue weighted by Crippen LogP contribution is 2.18. The Balaban J connectivity index is 1.79. The molecular formula is C16H23NO2. The van der Waals surface area contributed by atoms with Crippen molar-refractivity contribution in [2.75, 3.05) is 20.3 Å². The molecule has 19 heavy (non-hydrogen) atoms. The molecule has 0 radical (unpaired) electrons. The van der Waals surface area contributed by atoms with E-state index in [0.29, 0.717) is 12.1 Å². The predicted octanol–water partition coefficient (Wildman–Crippen LogP) is 2.87. The van der Waals surface area contributed by atoms with Gasteiger partial charge in [-0.05, 0) is 25.8 Å². The molecule has 1 fully saturated rings. The topological polar surface area (TPSA) is 30.5 Å². The number of nitrogens with one attached hydrogen (secondary N) is 1. The molecular weight excluding hydrogens is 238 g/mol. The summed E-state index contributed by atoms with van der Waals surface area (Å²) in [6, 6.07) is 8.43. The molecule has 0 unspecified atom stereocenters. The van der Waals surface area contributed by atoms with E-state index in [1.807, 2.05) is 18.2 Å². The van der Waals surface area contributed by atoms with Crippen LogP contribution in [-0.2, 0) is 4.74 Å². The number of methoxy groups -OCH3 is 1. The van der Waals surface area contributed by atoms with Crippen molar-refractivity contribution in [2.24, 2.45) is 0 Å². The Morgan fingerprint density at radius 3 is 3.05 bits per heavy atom. The Labute approximate surface area is 115 Å². The van der Waals surface area contributed by atoms with E-state index in [1.54, 1.807) is 7.11 Å². The van der Waals surface area contributed by atoms with Crippen molar-refractivity contribution in [1.82, 2.24) is 5.32 Å². The Morgan fingerprint density at radius 2 is 2.32 bits per heavy atom. The molecule has 1 aromatic rings. The van der Waals surface area contributed by atoms with Crippen molar-refractivity contribution >= 4 is 6.08 Å². The van der Waals surface area contributed by atoms with Gasteiger partial charge in [-0.25, -0.2) is 0 Å². The molecule has 0 aliphatic carbocycles. The molecule has 0 spiro atoms. The largest absolute Gasteiger partial charge is 0.496 e. The molecule has 3 nitrogen and oxygen atoms in total. The molecule has 3 heteroatoms. The first-order valence-corrected chi connectivity index (χ1v) is 6.96. The molecule has 1 aromatic carbocycles. The Hall–Kier alpha value is -1.32. The smallest absolute Gasteiger partial charge is 0.126 e. The Bertz CT molecular complexity index is 411. The summed E-state index contributed by atoms with van der Waals surface area (Å²) < 4.78 is 11.0. The fourth-order valence-corrected chi connectivity index (χ4v) is 2.37. The highest BCUT2D eigenvalue weighted by molar-refractivity contribution is 5.57. The van der Waals surface area contributed by atoms with Crippen LogP contribution in [0.1, 0.15) is 25.3 Å². The van der Waals surface area contributed by atoms with Crippen LogP contribution in [0.5, 0.6) is 5.75 Å². The summed E-state index contributed by atoms with van der Waals surface area (Å²) in [7, 11) is 1.70. The number of benzene rings is 1. The van der Waals surface area contributed by atoms with Crippen LogP contribution in [-0.4, -0.2) is 32.4 Å². The van der Waals surface area contributed by atoms with Crippen LogP contribution in [0.15, 0.2) is 30.3 Å². The van der Waals surface area contributed by atoms with Crippen LogP contribution in [0.3, 0.4) is 0 Å². The van der Waals surface area contributed by atoms with Crippen LogP contribution in [0.2, 0.25) is 0 Å². The second-order valence-corrected chi connectivity index (χ2v) is 4.89. The van der Waals surface area contributed by atoms with Gasteiger partial charge >= 0.3 is 0 Å². The van der Waals surface area contributed by atoms with E-state index in [2.05, 4.69) is 30.5 Å². The van der Waals surface area contributed by atoms with Gasteiger partial charge in [0, 0.05) is 24.8 Å². The van der Waals surface area contributed by atoms with E-state index >= 15 is 0 Å². The zero-order valence-corrected chi connectivity index (χ0v) is 11.8. The lowest BCUT2D eigenvalue weighted by atomic mass is 10.1. The van der Waals surface area contributed by atoms with Crippen molar-refractivity contribution in [2.45, 2.75) is 31.9 Å². The normalized spacial score (nSPS) is 20.8. The SMILES string of the molecule is COc1ccccc1/C=C\CN[C@H](C)[C@@H]1CCCO1. The summed E-state index contributed by atoms with van der Waals surface area (Å²) in [5, 5.41) is 3.48. The minimum Gasteiger partial charge on any atom is -0.496 e. The van der Waals surface area contributed by atoms with Crippen molar-refractivity contribution in [3.05, 3.63) is 35.9 Å². The number of rotatable bonds is 6. The van der Waals surface area contributed by atoms with Gasteiger partial charge in [-0.2, -0.15) is 0 Å². The summed E-state index contributed by atoms with van der Waals surface area (Å²) in [6.07, 6.45) is 6.95. The van der Waals surface area contributed by atoms with Crippen molar-refractivity contribution < 1.29 is 9.47 Å². The summed E-state index contributed by atoms with van der Waals surface area (Å²) in [4.78, 5) is 0. The van der Waals surface area contributed by atoms with E-state index < -0.39 is 0 Å². The number of hydrogen-bond acceptors (Lipinski definition) is 3. The van der Waals surface area contributed by atoms with Crippen LogP contribution in [0, 0.1) is 0 Å². The standard InChI is InChI=1S/C16H23NO2/c1-13(15-10-6-12-19-15)17-11-5-8-14-7-3-4-9-16(14)18-2/h3-5,7-9,13,15,17H,6,10-12H2,1-2H3/b8-5-/t13-,15+/m1/s1. The first-order valence-electron chi connectivity index (χ1n) is 6.96. The Morgan fingerprint density at radius 1 is 1.47 bits per heavy atom.